The molecule has 1 aromatic heterocycles. The summed E-state index contributed by atoms with van der Waals surface area (Å²) in [6.45, 7) is 3.59. The summed E-state index contributed by atoms with van der Waals surface area (Å²) in [5.74, 6) is -0.487. The van der Waals surface area contributed by atoms with E-state index in [-0.39, 0.29) is 11.7 Å². The van der Waals surface area contributed by atoms with Gasteiger partial charge in [-0.15, -0.1) is 0 Å². The zero-order valence-corrected chi connectivity index (χ0v) is 10.7. The van der Waals surface area contributed by atoms with Crippen LogP contribution in [-0.2, 0) is 14.8 Å². The van der Waals surface area contributed by atoms with Crippen LogP contribution in [0.15, 0.2) is 0 Å². The molecule has 6 nitrogen and oxygen atoms in total. The molecule has 90 valence electrons. The average Bonchev–Trinajstić information content (AvgIpc) is 2.44. The van der Waals surface area contributed by atoms with Gasteiger partial charge in [-0.1, -0.05) is 11.3 Å². The summed E-state index contributed by atoms with van der Waals surface area (Å²) in [4.78, 5) is 15.7. The molecule has 0 aromatic carbocycles. The fraction of sp³-hybridized carbons (Fsp3) is 0.500. The van der Waals surface area contributed by atoms with Crippen molar-refractivity contribution in [2.45, 2.75) is 13.8 Å². The van der Waals surface area contributed by atoms with Gasteiger partial charge in [0.05, 0.1) is 18.6 Å². The van der Waals surface area contributed by atoms with E-state index < -0.39 is 16.0 Å². The Bertz CT molecular complexity index is 492. The van der Waals surface area contributed by atoms with Gasteiger partial charge in [0.15, 0.2) is 5.13 Å². The SMILES string of the molecule is CCOC(=O)c1sc(NS(C)(=O)=O)nc1C. The first-order valence-electron chi connectivity index (χ1n) is 4.46. The first-order valence-corrected chi connectivity index (χ1v) is 7.16. The highest BCUT2D eigenvalue weighted by Crippen LogP contribution is 2.23. The number of rotatable bonds is 4. The van der Waals surface area contributed by atoms with Crippen LogP contribution in [0.4, 0.5) is 5.13 Å². The second-order valence-electron chi connectivity index (χ2n) is 3.03. The highest BCUT2D eigenvalue weighted by Gasteiger charge is 2.17. The van der Waals surface area contributed by atoms with Crippen molar-refractivity contribution in [2.24, 2.45) is 0 Å². The van der Waals surface area contributed by atoms with Crippen molar-refractivity contribution < 1.29 is 17.9 Å². The molecule has 0 aliphatic heterocycles. The molecule has 0 bridgehead atoms. The van der Waals surface area contributed by atoms with E-state index in [1.165, 1.54) is 0 Å². The molecular weight excluding hydrogens is 252 g/mol. The maximum Gasteiger partial charge on any atom is 0.350 e. The molecular formula is C8H12N2O4S2. The van der Waals surface area contributed by atoms with Gasteiger partial charge in [-0.05, 0) is 13.8 Å². The van der Waals surface area contributed by atoms with Gasteiger partial charge in [0.2, 0.25) is 10.0 Å². The van der Waals surface area contributed by atoms with Crippen LogP contribution in [0.2, 0.25) is 0 Å². The lowest BCUT2D eigenvalue weighted by Gasteiger charge is -1.97. The highest BCUT2D eigenvalue weighted by molar-refractivity contribution is 7.92. The maximum absolute atomic E-state index is 11.4. The minimum absolute atomic E-state index is 0.169. The molecule has 1 rings (SSSR count). The first kappa shape index (κ1) is 12.9. The Hall–Kier alpha value is -1.15. The van der Waals surface area contributed by atoms with Crippen molar-refractivity contribution in [3.05, 3.63) is 10.6 Å². The third-order valence-corrected chi connectivity index (χ3v) is 3.28. The number of esters is 1. The van der Waals surface area contributed by atoms with Crippen LogP contribution in [0.3, 0.4) is 0 Å². The zero-order valence-electron chi connectivity index (χ0n) is 9.10. The number of sulfonamides is 1. The summed E-state index contributed by atoms with van der Waals surface area (Å²) in [6, 6.07) is 0. The normalized spacial score (nSPS) is 11.2. The monoisotopic (exact) mass is 264 g/mol. The fourth-order valence-corrected chi connectivity index (χ4v) is 2.68. The van der Waals surface area contributed by atoms with E-state index in [1.54, 1.807) is 13.8 Å². The number of aromatic nitrogens is 1. The summed E-state index contributed by atoms with van der Waals surface area (Å²) in [6.07, 6.45) is 1.02. The Morgan fingerprint density at radius 1 is 1.56 bits per heavy atom. The number of aryl methyl sites for hydroxylation is 1. The highest BCUT2D eigenvalue weighted by atomic mass is 32.2. The standard InChI is InChI=1S/C8H12N2O4S2/c1-4-14-7(11)6-5(2)9-8(15-6)10-16(3,12)13/h4H2,1-3H3,(H,9,10). The predicted octanol–water partition coefficient (Wildman–Crippen LogP) is 1.000. The van der Waals surface area contributed by atoms with E-state index in [0.717, 1.165) is 17.6 Å². The topological polar surface area (TPSA) is 85.4 Å². The average molecular weight is 264 g/mol. The molecule has 1 N–H and O–H groups in total. The second-order valence-corrected chi connectivity index (χ2v) is 5.78. The molecule has 1 aromatic rings. The summed E-state index contributed by atoms with van der Waals surface area (Å²) < 4.78 is 28.9. The van der Waals surface area contributed by atoms with Gasteiger partial charge >= 0.3 is 5.97 Å². The number of carbonyl (C=O) groups is 1. The van der Waals surface area contributed by atoms with Crippen molar-refractivity contribution in [3.63, 3.8) is 0 Å². The van der Waals surface area contributed by atoms with Crippen molar-refractivity contribution in [1.29, 1.82) is 0 Å². The van der Waals surface area contributed by atoms with Gasteiger partial charge in [0, 0.05) is 0 Å². The summed E-state index contributed by atoms with van der Waals surface area (Å²) >= 11 is 0.958. The molecule has 0 unspecified atom stereocenters. The molecule has 0 amide bonds. The smallest absolute Gasteiger partial charge is 0.350 e. The third-order valence-electron chi connectivity index (χ3n) is 1.53. The number of thiazole rings is 1. The molecule has 0 saturated heterocycles. The van der Waals surface area contributed by atoms with Crippen molar-refractivity contribution in [3.8, 4) is 0 Å². The van der Waals surface area contributed by atoms with Crippen molar-refractivity contribution >= 4 is 32.5 Å². The number of ether oxygens (including phenoxy) is 1. The molecule has 16 heavy (non-hydrogen) atoms. The largest absolute Gasteiger partial charge is 0.462 e. The lowest BCUT2D eigenvalue weighted by atomic mass is 10.4. The lowest BCUT2D eigenvalue weighted by molar-refractivity contribution is 0.0531. The number of carbonyl (C=O) groups excluding carboxylic acids is 1. The van der Waals surface area contributed by atoms with Crippen molar-refractivity contribution in [1.82, 2.24) is 4.98 Å². The van der Waals surface area contributed by atoms with Gasteiger partial charge in [-0.25, -0.2) is 18.2 Å². The van der Waals surface area contributed by atoms with Gasteiger partial charge < -0.3 is 4.74 Å². The number of hydrogen-bond acceptors (Lipinski definition) is 6. The van der Waals surface area contributed by atoms with Gasteiger partial charge in [0.25, 0.3) is 0 Å². The van der Waals surface area contributed by atoms with Crippen LogP contribution in [0, 0.1) is 6.92 Å². The lowest BCUT2D eigenvalue weighted by Crippen LogP contribution is -2.08. The van der Waals surface area contributed by atoms with Crippen molar-refractivity contribution in [2.75, 3.05) is 17.6 Å². The quantitative estimate of drug-likeness (QED) is 0.820. The molecule has 0 aliphatic rings. The Morgan fingerprint density at radius 3 is 2.69 bits per heavy atom. The maximum atomic E-state index is 11.4. The predicted molar refractivity (Wildman–Crippen MR) is 61.3 cm³/mol. The van der Waals surface area contributed by atoms with E-state index in [4.69, 9.17) is 4.74 Å². The van der Waals surface area contributed by atoms with E-state index >= 15 is 0 Å². The summed E-state index contributed by atoms with van der Waals surface area (Å²) in [5.41, 5.74) is 0.453. The Labute approximate surface area is 97.7 Å². The number of anilines is 1. The molecule has 8 heteroatoms. The minimum Gasteiger partial charge on any atom is -0.462 e. The number of hydrogen-bond donors (Lipinski definition) is 1. The zero-order chi connectivity index (χ0) is 12.3. The van der Waals surface area contributed by atoms with Crippen LogP contribution in [0.1, 0.15) is 22.3 Å². The van der Waals surface area contributed by atoms with Crippen LogP contribution in [-0.4, -0.2) is 32.2 Å². The summed E-state index contributed by atoms with van der Waals surface area (Å²) in [7, 11) is -3.37. The number of nitrogens with zero attached hydrogens (tertiary/aromatic N) is 1. The number of nitrogens with one attached hydrogen (secondary N) is 1. The Balaban J connectivity index is 2.94. The van der Waals surface area contributed by atoms with Crippen LogP contribution >= 0.6 is 11.3 Å². The molecule has 0 atom stereocenters. The van der Waals surface area contributed by atoms with E-state index in [0.29, 0.717) is 10.6 Å². The van der Waals surface area contributed by atoms with Crippen LogP contribution in [0.25, 0.3) is 0 Å². The van der Waals surface area contributed by atoms with Crippen LogP contribution in [0.5, 0.6) is 0 Å². The molecule has 0 saturated carbocycles. The Kier molecular flexibility index (Phi) is 3.87. The molecule has 0 radical (unpaired) electrons. The van der Waals surface area contributed by atoms with Gasteiger partial charge in [-0.3, -0.25) is 4.72 Å². The summed E-state index contributed by atoms with van der Waals surface area (Å²) in [5, 5.41) is 0.169. The third kappa shape index (κ3) is 3.46. The van der Waals surface area contributed by atoms with Gasteiger partial charge in [-0.2, -0.15) is 0 Å². The molecule has 1 heterocycles. The minimum atomic E-state index is -3.37. The first-order chi connectivity index (χ1) is 7.33. The van der Waals surface area contributed by atoms with E-state index in [1.807, 2.05) is 0 Å². The Morgan fingerprint density at radius 2 is 2.19 bits per heavy atom. The molecule has 0 aliphatic carbocycles. The van der Waals surface area contributed by atoms with Crippen LogP contribution < -0.4 is 4.72 Å². The molecule has 0 spiro atoms. The molecule has 0 fully saturated rings. The second kappa shape index (κ2) is 4.79. The van der Waals surface area contributed by atoms with E-state index in [9.17, 15) is 13.2 Å². The van der Waals surface area contributed by atoms with E-state index in [2.05, 4.69) is 9.71 Å². The fourth-order valence-electron chi connectivity index (χ4n) is 0.985. The van der Waals surface area contributed by atoms with Gasteiger partial charge in [0.1, 0.15) is 4.88 Å².